The molecule has 1 aromatic carbocycles. The van der Waals surface area contributed by atoms with Crippen molar-refractivity contribution in [2.24, 2.45) is 7.05 Å². The van der Waals surface area contributed by atoms with E-state index >= 15 is 0 Å². The van der Waals surface area contributed by atoms with Crippen molar-refractivity contribution in [1.82, 2.24) is 38.9 Å². The third kappa shape index (κ3) is 4.29. The van der Waals surface area contributed by atoms with Crippen molar-refractivity contribution in [2.45, 2.75) is 39.8 Å². The molecule has 0 unspecified atom stereocenters. The highest BCUT2D eigenvalue weighted by Crippen LogP contribution is 2.29. The molecule has 200 valence electrons. The highest BCUT2D eigenvalue weighted by molar-refractivity contribution is 5.86. The number of benzene rings is 1. The maximum Gasteiger partial charge on any atom is 0.239 e. The third-order valence-electron chi connectivity index (χ3n) is 7.56. The number of anilines is 1. The lowest BCUT2D eigenvalue weighted by Crippen LogP contribution is -2.52. The Balaban J connectivity index is 1.44. The Kier molecular flexibility index (Phi) is 6.48. The molecule has 0 N–H and O–H groups in total. The van der Waals surface area contributed by atoms with Crippen LogP contribution in [0.5, 0.6) is 0 Å². The first kappa shape index (κ1) is 24.7. The van der Waals surface area contributed by atoms with Gasteiger partial charge in [0.1, 0.15) is 11.6 Å². The van der Waals surface area contributed by atoms with Gasteiger partial charge in [0.05, 0.1) is 37.3 Å². The average Bonchev–Trinajstić information content (AvgIpc) is 3.46. The van der Waals surface area contributed by atoms with Crippen LogP contribution in [0.25, 0.3) is 28.1 Å². The van der Waals surface area contributed by atoms with Crippen LogP contribution >= 0.6 is 0 Å². The fourth-order valence-corrected chi connectivity index (χ4v) is 5.47. The van der Waals surface area contributed by atoms with E-state index in [-0.39, 0.29) is 11.9 Å². The van der Waals surface area contributed by atoms with Crippen molar-refractivity contribution in [3.05, 3.63) is 35.9 Å². The summed E-state index contributed by atoms with van der Waals surface area (Å²) in [5.41, 5.74) is 3.47. The first-order valence-corrected chi connectivity index (χ1v) is 13.5. The number of rotatable bonds is 6. The highest BCUT2D eigenvalue weighted by atomic mass is 16.5. The number of imidazole rings is 2. The third-order valence-corrected chi connectivity index (χ3v) is 7.56. The van der Waals surface area contributed by atoms with Gasteiger partial charge in [-0.3, -0.25) is 14.3 Å². The molecule has 0 atom stereocenters. The summed E-state index contributed by atoms with van der Waals surface area (Å²) in [5, 5.41) is 0. The molecule has 0 spiro atoms. The van der Waals surface area contributed by atoms with E-state index in [1.54, 1.807) is 0 Å². The summed E-state index contributed by atoms with van der Waals surface area (Å²) in [6.07, 6.45) is 0.760. The van der Waals surface area contributed by atoms with Crippen molar-refractivity contribution >= 4 is 33.9 Å². The second-order valence-electron chi connectivity index (χ2n) is 10.3. The Morgan fingerprint density at radius 1 is 0.974 bits per heavy atom. The van der Waals surface area contributed by atoms with Crippen LogP contribution in [0.4, 0.5) is 5.82 Å². The monoisotopic (exact) mass is 517 g/mol. The van der Waals surface area contributed by atoms with Crippen molar-refractivity contribution in [3.63, 3.8) is 0 Å². The number of fused-ring (bicyclic) bond motifs is 2. The zero-order valence-corrected chi connectivity index (χ0v) is 22.6. The number of aromatic nitrogens is 6. The summed E-state index contributed by atoms with van der Waals surface area (Å²) in [6.45, 7) is 11.6. The van der Waals surface area contributed by atoms with Gasteiger partial charge in [-0.05, 0) is 26.0 Å². The Hall–Kier alpha value is -3.57. The van der Waals surface area contributed by atoms with E-state index in [4.69, 9.17) is 24.7 Å². The van der Waals surface area contributed by atoms with Crippen molar-refractivity contribution in [2.75, 3.05) is 50.8 Å². The van der Waals surface area contributed by atoms with Crippen LogP contribution in [0, 0.1) is 0 Å². The molecule has 5 heterocycles. The number of para-hydroxylation sites is 2. The SMILES string of the molecule is CCc1nc2ccccc2n1-c1nc(N2CCOCC2)c2nc(CN3CCN(C(C)C)C(=O)C3)n(C)c2n1. The van der Waals surface area contributed by atoms with E-state index in [1.165, 1.54) is 0 Å². The fourth-order valence-electron chi connectivity index (χ4n) is 5.47. The summed E-state index contributed by atoms with van der Waals surface area (Å²) in [5.74, 6) is 3.37. The Morgan fingerprint density at radius 2 is 1.76 bits per heavy atom. The van der Waals surface area contributed by atoms with Crippen molar-refractivity contribution < 1.29 is 9.53 Å². The number of hydrogen-bond acceptors (Lipinski definition) is 8. The molecule has 0 radical (unpaired) electrons. The maximum absolute atomic E-state index is 12.7. The van der Waals surface area contributed by atoms with Crippen LogP contribution in [0.15, 0.2) is 24.3 Å². The molecule has 6 rings (SSSR count). The van der Waals surface area contributed by atoms with Gasteiger partial charge in [-0.1, -0.05) is 19.1 Å². The quantitative estimate of drug-likeness (QED) is 0.384. The Morgan fingerprint density at radius 3 is 2.50 bits per heavy atom. The minimum atomic E-state index is 0.167. The number of ether oxygens (including phenoxy) is 1. The zero-order chi connectivity index (χ0) is 26.4. The van der Waals surface area contributed by atoms with Crippen molar-refractivity contribution in [1.29, 1.82) is 0 Å². The lowest BCUT2D eigenvalue weighted by molar-refractivity contribution is -0.138. The lowest BCUT2D eigenvalue weighted by atomic mass is 10.2. The maximum atomic E-state index is 12.7. The van der Waals surface area contributed by atoms with Crippen LogP contribution < -0.4 is 4.90 Å². The fraction of sp³-hybridized carbons (Fsp3) is 0.519. The molecule has 4 aromatic rings. The van der Waals surface area contributed by atoms with E-state index in [1.807, 2.05) is 30.1 Å². The van der Waals surface area contributed by atoms with E-state index < -0.39 is 0 Å². The van der Waals surface area contributed by atoms with Gasteiger partial charge in [0.25, 0.3) is 0 Å². The Bertz CT molecular complexity index is 1490. The van der Waals surface area contributed by atoms with Gasteiger partial charge >= 0.3 is 0 Å². The van der Waals surface area contributed by atoms with Gasteiger partial charge in [0, 0.05) is 45.7 Å². The van der Waals surface area contributed by atoms with E-state index in [9.17, 15) is 4.79 Å². The summed E-state index contributed by atoms with van der Waals surface area (Å²) >= 11 is 0. The molecule has 2 aliphatic rings. The normalized spacial score (nSPS) is 17.4. The minimum Gasteiger partial charge on any atom is -0.378 e. The Labute approximate surface area is 222 Å². The first-order chi connectivity index (χ1) is 18.4. The summed E-state index contributed by atoms with van der Waals surface area (Å²) in [7, 11) is 2.00. The summed E-state index contributed by atoms with van der Waals surface area (Å²) < 4.78 is 9.74. The topological polar surface area (TPSA) is 97.4 Å². The number of carbonyl (C=O) groups excluding carboxylic acids is 1. The number of morpholine rings is 1. The molecule has 11 heteroatoms. The number of amides is 1. The predicted molar refractivity (Wildman–Crippen MR) is 145 cm³/mol. The van der Waals surface area contributed by atoms with Gasteiger partial charge in [0.15, 0.2) is 17.0 Å². The second kappa shape index (κ2) is 9.95. The second-order valence-corrected chi connectivity index (χ2v) is 10.3. The zero-order valence-electron chi connectivity index (χ0n) is 22.6. The number of nitrogens with zero attached hydrogens (tertiary/aromatic N) is 9. The van der Waals surface area contributed by atoms with Crippen LogP contribution in [0.2, 0.25) is 0 Å². The molecule has 11 nitrogen and oxygen atoms in total. The smallest absolute Gasteiger partial charge is 0.239 e. The molecule has 3 aromatic heterocycles. The average molecular weight is 518 g/mol. The molecule has 38 heavy (non-hydrogen) atoms. The molecular formula is C27H35N9O2. The molecule has 2 saturated heterocycles. The molecule has 0 aliphatic carbocycles. The van der Waals surface area contributed by atoms with Crippen molar-refractivity contribution in [3.8, 4) is 5.95 Å². The van der Waals surface area contributed by atoms with Gasteiger partial charge in [-0.2, -0.15) is 9.97 Å². The largest absolute Gasteiger partial charge is 0.378 e. The van der Waals surface area contributed by atoms with Crippen LogP contribution in [-0.2, 0) is 29.5 Å². The van der Waals surface area contributed by atoms with E-state index in [2.05, 4.69) is 45.8 Å². The number of piperazine rings is 1. The van der Waals surface area contributed by atoms with Crippen LogP contribution in [0.3, 0.4) is 0 Å². The van der Waals surface area contributed by atoms with Gasteiger partial charge in [-0.15, -0.1) is 0 Å². The molecule has 1 amide bonds. The molecule has 2 fully saturated rings. The predicted octanol–water partition coefficient (Wildman–Crippen LogP) is 2.15. The minimum absolute atomic E-state index is 0.167. The summed E-state index contributed by atoms with van der Waals surface area (Å²) in [6, 6.07) is 8.32. The number of carbonyl (C=O) groups is 1. The number of hydrogen-bond donors (Lipinski definition) is 0. The highest BCUT2D eigenvalue weighted by Gasteiger charge is 2.28. The molecule has 2 aliphatic heterocycles. The summed E-state index contributed by atoms with van der Waals surface area (Å²) in [4.78, 5) is 39.1. The first-order valence-electron chi connectivity index (χ1n) is 13.5. The molecule has 0 saturated carbocycles. The molecule has 0 bridgehead atoms. The van der Waals surface area contributed by atoms with E-state index in [0.717, 1.165) is 72.3 Å². The molecular weight excluding hydrogens is 482 g/mol. The van der Waals surface area contributed by atoms with E-state index in [0.29, 0.717) is 32.3 Å². The standard InChI is InChI=1S/C27H35N9O2/c1-5-21-28-19-8-6-7-9-20(19)36(21)27-30-25-24(26(31-27)34-12-14-38-15-13-34)29-22(32(25)4)16-33-10-11-35(18(2)3)23(37)17-33/h6-9,18H,5,10-17H2,1-4H3. The van der Waals surface area contributed by atoms with Crippen LogP contribution in [0.1, 0.15) is 32.4 Å². The van der Waals surface area contributed by atoms with Gasteiger partial charge in [0.2, 0.25) is 11.9 Å². The van der Waals surface area contributed by atoms with Gasteiger partial charge < -0.3 is 19.1 Å². The number of aryl methyl sites for hydroxylation is 2. The lowest BCUT2D eigenvalue weighted by Gasteiger charge is -2.36. The van der Waals surface area contributed by atoms with Gasteiger partial charge in [-0.25, -0.2) is 9.97 Å². The van der Waals surface area contributed by atoms with Crippen LogP contribution in [-0.4, -0.2) is 96.8 Å².